The van der Waals surface area contributed by atoms with E-state index in [0.29, 0.717) is 15.9 Å². The molecule has 0 saturated heterocycles. The van der Waals surface area contributed by atoms with Crippen LogP contribution in [0, 0.1) is 0 Å². The first kappa shape index (κ1) is 20.5. The van der Waals surface area contributed by atoms with Gasteiger partial charge >= 0.3 is 0 Å². The maximum Gasteiger partial charge on any atom is 0.244 e. The molecule has 144 valence electrons. The van der Waals surface area contributed by atoms with Crippen molar-refractivity contribution in [2.45, 2.75) is 17.5 Å². The summed E-state index contributed by atoms with van der Waals surface area (Å²) in [5.41, 5.74) is 1.94. The monoisotopic (exact) mass is 432 g/mol. The first-order valence-electron chi connectivity index (χ1n) is 8.49. The number of nitrogens with one attached hydrogen (secondary N) is 1. The smallest absolute Gasteiger partial charge is 0.244 e. The Balaban J connectivity index is 1.53. The number of hydrogen-bond acceptors (Lipinski definition) is 4. The average Bonchev–Trinajstić information content (AvgIpc) is 3.05. The molecule has 0 atom stereocenters. The number of rotatable bonds is 7. The minimum Gasteiger partial charge on any atom is -0.345 e. The number of benzene rings is 2. The highest BCUT2D eigenvalue weighted by Crippen LogP contribution is 2.22. The van der Waals surface area contributed by atoms with Crippen molar-refractivity contribution < 1.29 is 4.79 Å². The van der Waals surface area contributed by atoms with Crippen LogP contribution in [0.25, 0.3) is 6.08 Å². The maximum absolute atomic E-state index is 12.0. The lowest BCUT2D eigenvalue weighted by molar-refractivity contribution is -0.116. The average molecular weight is 433 g/mol. The molecule has 5 nitrogen and oxygen atoms in total. The Bertz CT molecular complexity index is 986. The Morgan fingerprint density at radius 2 is 1.89 bits per heavy atom. The van der Waals surface area contributed by atoms with Gasteiger partial charge in [-0.3, -0.25) is 4.79 Å². The molecule has 0 aliphatic rings. The van der Waals surface area contributed by atoms with Gasteiger partial charge in [0.2, 0.25) is 5.91 Å². The van der Waals surface area contributed by atoms with Crippen molar-refractivity contribution in [2.24, 2.45) is 7.05 Å². The minimum absolute atomic E-state index is 0.224. The normalized spacial score (nSPS) is 11.1. The molecule has 0 spiro atoms. The van der Waals surface area contributed by atoms with Gasteiger partial charge in [0.05, 0.1) is 6.54 Å². The van der Waals surface area contributed by atoms with Crippen molar-refractivity contribution in [3.05, 3.63) is 81.6 Å². The lowest BCUT2D eigenvalue weighted by Crippen LogP contribution is -2.22. The fraction of sp³-hybridized carbons (Fsp3) is 0.150. The van der Waals surface area contributed by atoms with E-state index in [1.165, 1.54) is 6.08 Å². The molecule has 1 N–H and O–H groups in total. The summed E-state index contributed by atoms with van der Waals surface area (Å²) < 4.78 is 1.87. The third kappa shape index (κ3) is 5.61. The molecule has 0 fully saturated rings. The number of thioether (sulfide) groups is 1. The molecule has 0 radical (unpaired) electrons. The number of nitrogens with zero attached hydrogens (tertiary/aromatic N) is 3. The predicted molar refractivity (Wildman–Crippen MR) is 114 cm³/mol. The van der Waals surface area contributed by atoms with E-state index < -0.39 is 0 Å². The molecule has 0 aliphatic carbocycles. The molecule has 0 aliphatic heterocycles. The summed E-state index contributed by atoms with van der Waals surface area (Å²) in [6.07, 6.45) is 3.13. The number of carbonyl (C=O) groups is 1. The molecule has 0 bridgehead atoms. The van der Waals surface area contributed by atoms with Crippen molar-refractivity contribution >= 4 is 46.9 Å². The SMILES string of the molecule is Cn1c(CNC(=O)C=Cc2ccccc2Cl)nnc1SCc1ccc(Cl)cc1. The van der Waals surface area contributed by atoms with E-state index in [4.69, 9.17) is 23.2 Å². The standard InChI is InChI=1S/C20H18Cl2N4OS/c1-26-18(12-23-19(27)11-8-15-4-2-3-5-17(15)22)24-25-20(26)28-13-14-6-9-16(21)10-7-14/h2-11H,12-13H2,1H3,(H,23,27). The van der Waals surface area contributed by atoms with Crippen LogP contribution in [0.15, 0.2) is 59.8 Å². The molecule has 1 heterocycles. The third-order valence-electron chi connectivity index (χ3n) is 3.95. The zero-order chi connectivity index (χ0) is 19.9. The van der Waals surface area contributed by atoms with Crippen LogP contribution in [0.3, 0.4) is 0 Å². The quantitative estimate of drug-likeness (QED) is 0.432. The highest BCUT2D eigenvalue weighted by Gasteiger charge is 2.10. The van der Waals surface area contributed by atoms with E-state index >= 15 is 0 Å². The second-order valence-electron chi connectivity index (χ2n) is 5.95. The topological polar surface area (TPSA) is 59.8 Å². The summed E-state index contributed by atoms with van der Waals surface area (Å²) in [6, 6.07) is 15.0. The largest absolute Gasteiger partial charge is 0.345 e. The predicted octanol–water partition coefficient (Wildman–Crippen LogP) is 4.74. The zero-order valence-corrected chi connectivity index (χ0v) is 17.4. The fourth-order valence-electron chi connectivity index (χ4n) is 2.35. The van der Waals surface area contributed by atoms with Gasteiger partial charge in [0.25, 0.3) is 0 Å². The van der Waals surface area contributed by atoms with Crippen LogP contribution in [0.2, 0.25) is 10.0 Å². The second-order valence-corrected chi connectivity index (χ2v) is 7.73. The molecule has 2 aromatic carbocycles. The van der Waals surface area contributed by atoms with E-state index in [1.54, 1.807) is 23.9 Å². The summed E-state index contributed by atoms with van der Waals surface area (Å²) in [6.45, 7) is 0.288. The summed E-state index contributed by atoms with van der Waals surface area (Å²) in [5, 5.41) is 13.3. The molecule has 3 aromatic rings. The first-order chi connectivity index (χ1) is 13.5. The van der Waals surface area contributed by atoms with Gasteiger partial charge in [0, 0.05) is 28.9 Å². The van der Waals surface area contributed by atoms with Crippen molar-refractivity contribution in [1.82, 2.24) is 20.1 Å². The number of aromatic nitrogens is 3. The fourth-order valence-corrected chi connectivity index (χ4v) is 3.56. The van der Waals surface area contributed by atoms with Crippen molar-refractivity contribution in [3.8, 4) is 0 Å². The van der Waals surface area contributed by atoms with Gasteiger partial charge in [0.1, 0.15) is 0 Å². The van der Waals surface area contributed by atoms with Crippen molar-refractivity contribution in [1.29, 1.82) is 0 Å². The van der Waals surface area contributed by atoms with Crippen LogP contribution in [-0.2, 0) is 24.1 Å². The van der Waals surface area contributed by atoms with Gasteiger partial charge in [-0.25, -0.2) is 0 Å². The molecule has 28 heavy (non-hydrogen) atoms. The number of amides is 1. The summed E-state index contributed by atoms with van der Waals surface area (Å²) >= 11 is 13.6. The van der Waals surface area contributed by atoms with Gasteiger partial charge in [-0.05, 0) is 35.4 Å². The molecular weight excluding hydrogens is 415 g/mol. The van der Waals surface area contributed by atoms with E-state index in [2.05, 4.69) is 15.5 Å². The molecule has 8 heteroatoms. The van der Waals surface area contributed by atoms with Crippen LogP contribution < -0.4 is 5.32 Å². The summed E-state index contributed by atoms with van der Waals surface area (Å²) in [7, 11) is 1.88. The summed E-state index contributed by atoms with van der Waals surface area (Å²) in [5.74, 6) is 1.21. The van der Waals surface area contributed by atoms with Crippen LogP contribution in [-0.4, -0.2) is 20.7 Å². The minimum atomic E-state index is -0.224. The van der Waals surface area contributed by atoms with E-state index in [9.17, 15) is 4.79 Å². The number of carbonyl (C=O) groups excluding carboxylic acids is 1. The van der Waals surface area contributed by atoms with Gasteiger partial charge in [-0.1, -0.05) is 65.3 Å². The van der Waals surface area contributed by atoms with Crippen molar-refractivity contribution in [3.63, 3.8) is 0 Å². The Labute approximate surface area is 177 Å². The third-order valence-corrected chi connectivity index (χ3v) is 5.63. The molecular formula is C20H18Cl2N4OS. The van der Waals surface area contributed by atoms with Gasteiger partial charge in [-0.2, -0.15) is 0 Å². The lowest BCUT2D eigenvalue weighted by Gasteiger charge is -2.05. The summed E-state index contributed by atoms with van der Waals surface area (Å²) in [4.78, 5) is 12.0. The van der Waals surface area contributed by atoms with Gasteiger partial charge in [-0.15, -0.1) is 10.2 Å². The Morgan fingerprint density at radius 1 is 1.14 bits per heavy atom. The Morgan fingerprint density at radius 3 is 2.64 bits per heavy atom. The van der Waals surface area contributed by atoms with Gasteiger partial charge in [0.15, 0.2) is 11.0 Å². The zero-order valence-electron chi connectivity index (χ0n) is 15.1. The van der Waals surface area contributed by atoms with Crippen LogP contribution in [0.5, 0.6) is 0 Å². The molecule has 0 unspecified atom stereocenters. The van der Waals surface area contributed by atoms with Crippen LogP contribution >= 0.6 is 35.0 Å². The highest BCUT2D eigenvalue weighted by molar-refractivity contribution is 7.98. The highest BCUT2D eigenvalue weighted by atomic mass is 35.5. The molecule has 1 amide bonds. The van der Waals surface area contributed by atoms with Crippen LogP contribution in [0.1, 0.15) is 17.0 Å². The molecule has 0 saturated carbocycles. The Kier molecular flexibility index (Phi) is 7.14. The molecule has 1 aromatic heterocycles. The van der Waals surface area contributed by atoms with E-state index in [-0.39, 0.29) is 12.5 Å². The second kappa shape index (κ2) is 9.78. The Hall–Kier alpha value is -2.28. The van der Waals surface area contributed by atoms with E-state index in [0.717, 1.165) is 22.0 Å². The molecule has 3 rings (SSSR count). The van der Waals surface area contributed by atoms with Gasteiger partial charge < -0.3 is 9.88 Å². The maximum atomic E-state index is 12.0. The van der Waals surface area contributed by atoms with E-state index in [1.807, 2.05) is 54.1 Å². The number of halogens is 2. The number of hydrogen-bond donors (Lipinski definition) is 1. The van der Waals surface area contributed by atoms with Crippen LogP contribution in [0.4, 0.5) is 0 Å². The van der Waals surface area contributed by atoms with Crippen molar-refractivity contribution in [2.75, 3.05) is 0 Å². The lowest BCUT2D eigenvalue weighted by atomic mass is 10.2. The first-order valence-corrected chi connectivity index (χ1v) is 10.2.